The van der Waals surface area contributed by atoms with Crippen LogP contribution in [0.5, 0.6) is 0 Å². The third-order valence-corrected chi connectivity index (χ3v) is 4.79. The molecule has 0 unspecified atom stereocenters. The number of hydrogen-bond acceptors (Lipinski definition) is 2. The molecule has 0 heterocycles. The predicted octanol–water partition coefficient (Wildman–Crippen LogP) is 2.56. The first-order valence-corrected chi connectivity index (χ1v) is 6.69. The smallest absolute Gasteiger partial charge is 0.407 e. The number of nitrogens with one attached hydrogen (secondary N) is 1. The van der Waals surface area contributed by atoms with Crippen molar-refractivity contribution >= 4 is 6.09 Å². The fourth-order valence-corrected chi connectivity index (χ4v) is 4.47. The largest absolute Gasteiger partial charge is 0.450 e. The molecule has 0 aromatic rings. The minimum atomic E-state index is -0.208. The SMILES string of the molecule is CCOC(=O)NC1C2CC3CC(C2)CC1C3. The molecule has 4 bridgehead atoms. The van der Waals surface area contributed by atoms with Crippen LogP contribution in [0.2, 0.25) is 0 Å². The number of carbonyl (C=O) groups excluding carboxylic acids is 1. The van der Waals surface area contributed by atoms with Crippen molar-refractivity contribution in [1.82, 2.24) is 5.32 Å². The summed E-state index contributed by atoms with van der Waals surface area (Å²) < 4.78 is 5.00. The van der Waals surface area contributed by atoms with Gasteiger partial charge in [-0.25, -0.2) is 4.79 Å². The molecule has 4 aliphatic rings. The average molecular weight is 223 g/mol. The van der Waals surface area contributed by atoms with E-state index in [1.807, 2.05) is 6.92 Å². The Labute approximate surface area is 96.9 Å². The zero-order valence-electron chi connectivity index (χ0n) is 9.95. The Bertz CT molecular complexity index is 262. The topological polar surface area (TPSA) is 38.3 Å². The van der Waals surface area contributed by atoms with E-state index < -0.39 is 0 Å². The van der Waals surface area contributed by atoms with Gasteiger partial charge in [-0.05, 0) is 62.7 Å². The summed E-state index contributed by atoms with van der Waals surface area (Å²) in [6, 6.07) is 0.409. The molecule has 90 valence electrons. The van der Waals surface area contributed by atoms with Crippen molar-refractivity contribution in [3.05, 3.63) is 0 Å². The van der Waals surface area contributed by atoms with Gasteiger partial charge in [0.15, 0.2) is 0 Å². The van der Waals surface area contributed by atoms with Crippen LogP contribution in [-0.2, 0) is 4.74 Å². The van der Waals surface area contributed by atoms with Crippen LogP contribution in [-0.4, -0.2) is 18.7 Å². The van der Waals surface area contributed by atoms with Crippen LogP contribution in [0.1, 0.15) is 39.0 Å². The van der Waals surface area contributed by atoms with Crippen molar-refractivity contribution in [2.75, 3.05) is 6.61 Å². The lowest BCUT2D eigenvalue weighted by Crippen LogP contribution is -2.55. The van der Waals surface area contributed by atoms with Gasteiger partial charge in [-0.2, -0.15) is 0 Å². The lowest BCUT2D eigenvalue weighted by molar-refractivity contribution is -0.0134. The fraction of sp³-hybridized carbons (Fsp3) is 0.923. The second-order valence-corrected chi connectivity index (χ2v) is 5.82. The summed E-state index contributed by atoms with van der Waals surface area (Å²) in [5.41, 5.74) is 0. The highest BCUT2D eigenvalue weighted by Crippen LogP contribution is 2.53. The highest BCUT2D eigenvalue weighted by Gasteiger charge is 2.48. The van der Waals surface area contributed by atoms with Gasteiger partial charge < -0.3 is 10.1 Å². The molecular formula is C13H21NO2. The van der Waals surface area contributed by atoms with Crippen molar-refractivity contribution in [3.8, 4) is 0 Å². The van der Waals surface area contributed by atoms with Gasteiger partial charge in [-0.1, -0.05) is 0 Å². The van der Waals surface area contributed by atoms with E-state index in [-0.39, 0.29) is 6.09 Å². The molecule has 4 rings (SSSR count). The standard InChI is InChI=1S/C13H21NO2/c1-2-16-13(15)14-12-10-4-8-3-9(6-10)7-11(12)5-8/h8-12H,2-7H2,1H3,(H,14,15). The summed E-state index contributed by atoms with van der Waals surface area (Å²) >= 11 is 0. The van der Waals surface area contributed by atoms with Crippen LogP contribution >= 0.6 is 0 Å². The highest BCUT2D eigenvalue weighted by molar-refractivity contribution is 5.67. The Hall–Kier alpha value is -0.730. The summed E-state index contributed by atoms with van der Waals surface area (Å²) in [6.07, 6.45) is 6.60. The highest BCUT2D eigenvalue weighted by atomic mass is 16.5. The van der Waals surface area contributed by atoms with E-state index in [1.54, 1.807) is 0 Å². The first-order valence-electron chi connectivity index (χ1n) is 6.69. The van der Waals surface area contributed by atoms with E-state index in [4.69, 9.17) is 4.74 Å². The normalized spacial score (nSPS) is 44.4. The molecule has 4 aliphatic carbocycles. The molecule has 3 heteroatoms. The number of alkyl carbamates (subject to hydrolysis) is 1. The minimum Gasteiger partial charge on any atom is -0.450 e. The van der Waals surface area contributed by atoms with Gasteiger partial charge in [-0.15, -0.1) is 0 Å². The van der Waals surface area contributed by atoms with E-state index in [0.29, 0.717) is 12.6 Å². The number of hydrogen-bond donors (Lipinski definition) is 1. The van der Waals surface area contributed by atoms with Crippen molar-refractivity contribution in [2.24, 2.45) is 23.7 Å². The summed E-state index contributed by atoms with van der Waals surface area (Å²) in [4.78, 5) is 11.5. The van der Waals surface area contributed by atoms with E-state index in [9.17, 15) is 4.79 Å². The van der Waals surface area contributed by atoms with Crippen molar-refractivity contribution < 1.29 is 9.53 Å². The Kier molecular flexibility index (Phi) is 2.56. The van der Waals surface area contributed by atoms with Crippen molar-refractivity contribution in [2.45, 2.75) is 45.1 Å². The zero-order valence-corrected chi connectivity index (χ0v) is 9.95. The molecule has 1 amide bonds. The molecular weight excluding hydrogens is 202 g/mol. The van der Waals surface area contributed by atoms with Crippen LogP contribution in [0.3, 0.4) is 0 Å². The summed E-state index contributed by atoms with van der Waals surface area (Å²) in [5, 5.41) is 3.10. The van der Waals surface area contributed by atoms with Crippen LogP contribution in [0.25, 0.3) is 0 Å². The van der Waals surface area contributed by atoms with Crippen LogP contribution in [0, 0.1) is 23.7 Å². The average Bonchev–Trinajstić information content (AvgIpc) is 2.23. The maximum absolute atomic E-state index is 11.5. The fourth-order valence-electron chi connectivity index (χ4n) is 4.47. The maximum Gasteiger partial charge on any atom is 0.407 e. The molecule has 1 N–H and O–H groups in total. The number of carbonyl (C=O) groups is 1. The molecule has 0 aromatic carbocycles. The third-order valence-electron chi connectivity index (χ3n) is 4.79. The second-order valence-electron chi connectivity index (χ2n) is 5.82. The lowest BCUT2D eigenvalue weighted by atomic mass is 9.54. The van der Waals surface area contributed by atoms with Gasteiger partial charge >= 0.3 is 6.09 Å². The molecule has 4 saturated carbocycles. The van der Waals surface area contributed by atoms with Gasteiger partial charge in [0.1, 0.15) is 0 Å². The molecule has 16 heavy (non-hydrogen) atoms. The van der Waals surface area contributed by atoms with Crippen LogP contribution in [0.15, 0.2) is 0 Å². The van der Waals surface area contributed by atoms with E-state index >= 15 is 0 Å². The van der Waals surface area contributed by atoms with Crippen molar-refractivity contribution in [1.29, 1.82) is 0 Å². The molecule has 0 spiro atoms. The number of ether oxygens (including phenoxy) is 1. The number of rotatable bonds is 2. The Balaban J connectivity index is 1.65. The molecule has 0 radical (unpaired) electrons. The molecule has 0 aliphatic heterocycles. The molecule has 3 nitrogen and oxygen atoms in total. The van der Waals surface area contributed by atoms with Crippen molar-refractivity contribution in [3.63, 3.8) is 0 Å². The minimum absolute atomic E-state index is 0.208. The quantitative estimate of drug-likeness (QED) is 0.781. The monoisotopic (exact) mass is 223 g/mol. The second kappa shape index (κ2) is 3.94. The molecule has 0 atom stereocenters. The summed E-state index contributed by atoms with van der Waals surface area (Å²) in [7, 11) is 0. The van der Waals surface area contributed by atoms with Crippen LogP contribution in [0.4, 0.5) is 4.79 Å². The van der Waals surface area contributed by atoms with Gasteiger partial charge in [0.25, 0.3) is 0 Å². The summed E-state index contributed by atoms with van der Waals surface area (Å²) in [6.45, 7) is 2.33. The number of amides is 1. The van der Waals surface area contributed by atoms with E-state index in [1.165, 1.54) is 32.1 Å². The van der Waals surface area contributed by atoms with Gasteiger partial charge in [-0.3, -0.25) is 0 Å². The Morgan fingerprint density at radius 1 is 1.12 bits per heavy atom. The molecule has 0 saturated heterocycles. The maximum atomic E-state index is 11.5. The Morgan fingerprint density at radius 2 is 1.69 bits per heavy atom. The molecule has 0 aromatic heterocycles. The third kappa shape index (κ3) is 1.70. The first-order chi connectivity index (χ1) is 7.76. The van der Waals surface area contributed by atoms with Gasteiger partial charge in [0, 0.05) is 6.04 Å². The summed E-state index contributed by atoms with van der Waals surface area (Å²) in [5.74, 6) is 3.40. The van der Waals surface area contributed by atoms with Crippen LogP contribution < -0.4 is 5.32 Å². The predicted molar refractivity (Wildman–Crippen MR) is 61.0 cm³/mol. The first kappa shape index (κ1) is 10.4. The zero-order chi connectivity index (χ0) is 11.1. The Morgan fingerprint density at radius 3 is 2.19 bits per heavy atom. The molecule has 4 fully saturated rings. The van der Waals surface area contributed by atoms with E-state index in [2.05, 4.69) is 5.32 Å². The lowest BCUT2D eigenvalue weighted by Gasteiger charge is -2.54. The van der Waals surface area contributed by atoms with E-state index in [0.717, 1.165) is 23.7 Å². The van der Waals surface area contributed by atoms with Gasteiger partial charge in [0.05, 0.1) is 6.61 Å². The van der Waals surface area contributed by atoms with Gasteiger partial charge in [0.2, 0.25) is 0 Å².